The summed E-state index contributed by atoms with van der Waals surface area (Å²) in [6.45, 7) is 8.06. The molecular formula is C22H22ClN5O4S. The lowest BCUT2D eigenvalue weighted by Gasteiger charge is -2.17. The quantitative estimate of drug-likeness (QED) is 0.181. The van der Waals surface area contributed by atoms with Crippen molar-refractivity contribution < 1.29 is 14.5 Å². The number of hydrogen-bond acceptors (Lipinski definition) is 7. The minimum Gasteiger partial charge on any atom is -0.482 e. The second kappa shape index (κ2) is 11.0. The van der Waals surface area contributed by atoms with Crippen LogP contribution >= 0.6 is 23.4 Å². The normalized spacial score (nSPS) is 11.6. The zero-order valence-corrected chi connectivity index (χ0v) is 19.6. The molecule has 11 heteroatoms. The first-order valence-corrected chi connectivity index (χ1v) is 11.3. The molecule has 3 aromatic rings. The number of ether oxygens (including phenoxy) is 1. The topological polar surface area (TPSA) is 112 Å². The number of aryl methyl sites for hydroxylation is 1. The van der Waals surface area contributed by atoms with Gasteiger partial charge in [0.05, 0.1) is 21.4 Å². The predicted molar refractivity (Wildman–Crippen MR) is 128 cm³/mol. The number of amides is 1. The minimum absolute atomic E-state index is 0.00132. The molecule has 172 valence electrons. The number of nitro benzene ring substituents is 1. The Morgan fingerprint density at radius 2 is 2.12 bits per heavy atom. The molecular weight excluding hydrogens is 466 g/mol. The highest BCUT2D eigenvalue weighted by molar-refractivity contribution is 7.99. The van der Waals surface area contributed by atoms with Gasteiger partial charge in [0.2, 0.25) is 5.91 Å². The lowest BCUT2D eigenvalue weighted by molar-refractivity contribution is -0.384. The maximum absolute atomic E-state index is 12.4. The van der Waals surface area contributed by atoms with E-state index in [0.717, 1.165) is 11.3 Å². The Morgan fingerprint density at radius 3 is 2.82 bits per heavy atom. The molecule has 0 saturated heterocycles. The molecule has 0 aliphatic heterocycles. The second-order valence-electron chi connectivity index (χ2n) is 7.02. The number of thioether (sulfide) groups is 1. The molecule has 0 aliphatic rings. The summed E-state index contributed by atoms with van der Waals surface area (Å²) in [7, 11) is 0. The van der Waals surface area contributed by atoms with Crippen molar-refractivity contribution in [2.24, 2.45) is 0 Å². The zero-order valence-electron chi connectivity index (χ0n) is 18.0. The molecule has 1 unspecified atom stereocenters. The third-order valence-corrected chi connectivity index (χ3v) is 5.88. The molecule has 3 rings (SSSR count). The van der Waals surface area contributed by atoms with Crippen molar-refractivity contribution >= 4 is 40.6 Å². The number of non-ortho nitro benzene ring substituents is 1. The number of para-hydroxylation sites is 1. The number of rotatable bonds is 10. The molecule has 0 spiro atoms. The van der Waals surface area contributed by atoms with E-state index in [1.54, 1.807) is 6.08 Å². The molecule has 1 aromatic heterocycles. The number of allylic oxidation sites excluding steroid dienone is 1. The van der Waals surface area contributed by atoms with Gasteiger partial charge in [0.25, 0.3) is 5.69 Å². The van der Waals surface area contributed by atoms with Crippen molar-refractivity contribution in [1.29, 1.82) is 0 Å². The van der Waals surface area contributed by atoms with Crippen LogP contribution in [-0.4, -0.2) is 31.3 Å². The highest BCUT2D eigenvalue weighted by Gasteiger charge is 2.20. The Bertz CT molecular complexity index is 1180. The van der Waals surface area contributed by atoms with Crippen molar-refractivity contribution in [1.82, 2.24) is 14.8 Å². The van der Waals surface area contributed by atoms with Crippen molar-refractivity contribution in [2.45, 2.75) is 31.7 Å². The number of nitro groups is 1. The first kappa shape index (κ1) is 24.3. The summed E-state index contributed by atoms with van der Waals surface area (Å²) in [6, 6.07) is 11.5. The van der Waals surface area contributed by atoms with E-state index in [2.05, 4.69) is 22.1 Å². The van der Waals surface area contributed by atoms with Gasteiger partial charge in [0.15, 0.2) is 17.1 Å². The predicted octanol–water partition coefficient (Wildman–Crippen LogP) is 5.20. The summed E-state index contributed by atoms with van der Waals surface area (Å²) in [5.74, 6) is 0.964. The number of carbonyl (C=O) groups is 1. The molecule has 1 N–H and O–H groups in total. The Morgan fingerprint density at radius 1 is 1.36 bits per heavy atom. The Balaban J connectivity index is 1.70. The largest absolute Gasteiger partial charge is 0.482 e. The monoisotopic (exact) mass is 487 g/mol. The maximum atomic E-state index is 12.4. The maximum Gasteiger partial charge on any atom is 0.271 e. The zero-order chi connectivity index (χ0) is 24.0. The fraction of sp³-hybridized carbons (Fsp3) is 0.227. The summed E-state index contributed by atoms with van der Waals surface area (Å²) >= 11 is 7.22. The van der Waals surface area contributed by atoms with Crippen LogP contribution in [0.25, 0.3) is 0 Å². The van der Waals surface area contributed by atoms with E-state index in [1.807, 2.05) is 42.7 Å². The number of nitrogens with one attached hydrogen (secondary N) is 1. The molecule has 2 aromatic carbocycles. The van der Waals surface area contributed by atoms with E-state index in [0.29, 0.717) is 17.5 Å². The number of halogens is 1. The van der Waals surface area contributed by atoms with E-state index < -0.39 is 4.92 Å². The molecule has 33 heavy (non-hydrogen) atoms. The average molecular weight is 488 g/mol. The first-order valence-electron chi connectivity index (χ1n) is 9.93. The molecule has 0 fully saturated rings. The van der Waals surface area contributed by atoms with Crippen LogP contribution in [0.2, 0.25) is 5.02 Å². The number of aromatic nitrogens is 3. The second-order valence-corrected chi connectivity index (χ2v) is 8.37. The summed E-state index contributed by atoms with van der Waals surface area (Å²) < 4.78 is 7.89. The Kier molecular flexibility index (Phi) is 8.07. The van der Waals surface area contributed by atoms with Gasteiger partial charge in [0, 0.05) is 18.7 Å². The third-order valence-electron chi connectivity index (χ3n) is 4.59. The van der Waals surface area contributed by atoms with Crippen LogP contribution < -0.4 is 10.1 Å². The fourth-order valence-electron chi connectivity index (χ4n) is 2.98. The summed E-state index contributed by atoms with van der Waals surface area (Å²) in [5, 5.41) is 22.7. The molecule has 1 amide bonds. The van der Waals surface area contributed by atoms with Crippen LogP contribution in [0.4, 0.5) is 11.4 Å². The first-order chi connectivity index (χ1) is 15.8. The number of hydrogen-bond donors (Lipinski definition) is 1. The SMILES string of the molecule is C=CCn1c(SCC(=O)Nc2cc([N+](=O)[O-])ccc2Cl)nnc1C(C)Oc1ccccc1C. The molecule has 0 bridgehead atoms. The van der Waals surface area contributed by atoms with E-state index in [9.17, 15) is 14.9 Å². The van der Waals surface area contributed by atoms with E-state index >= 15 is 0 Å². The lowest BCUT2D eigenvalue weighted by Crippen LogP contribution is -2.16. The van der Waals surface area contributed by atoms with Crippen molar-refractivity contribution in [3.63, 3.8) is 0 Å². The number of benzene rings is 2. The van der Waals surface area contributed by atoms with Crippen molar-refractivity contribution in [3.05, 3.63) is 81.6 Å². The number of anilines is 1. The van der Waals surface area contributed by atoms with Gasteiger partial charge in [-0.25, -0.2) is 0 Å². The highest BCUT2D eigenvalue weighted by Crippen LogP contribution is 2.28. The highest BCUT2D eigenvalue weighted by atomic mass is 35.5. The van der Waals surface area contributed by atoms with Gasteiger partial charge in [-0.05, 0) is 31.5 Å². The van der Waals surface area contributed by atoms with Gasteiger partial charge in [0.1, 0.15) is 5.75 Å². The Hall–Kier alpha value is -3.37. The van der Waals surface area contributed by atoms with Crippen LogP contribution in [0.15, 0.2) is 60.3 Å². The van der Waals surface area contributed by atoms with Crippen LogP contribution in [0.5, 0.6) is 5.75 Å². The summed E-state index contributed by atoms with van der Waals surface area (Å²) in [6.07, 6.45) is 1.32. The smallest absolute Gasteiger partial charge is 0.271 e. The van der Waals surface area contributed by atoms with E-state index in [1.165, 1.54) is 30.0 Å². The number of nitrogens with zero attached hydrogens (tertiary/aromatic N) is 4. The van der Waals surface area contributed by atoms with Crippen LogP contribution in [-0.2, 0) is 11.3 Å². The van der Waals surface area contributed by atoms with E-state index in [4.69, 9.17) is 16.3 Å². The minimum atomic E-state index is -0.555. The van der Waals surface area contributed by atoms with Gasteiger partial charge in [-0.1, -0.05) is 47.6 Å². The Labute approximate surface area is 200 Å². The van der Waals surface area contributed by atoms with Crippen LogP contribution in [0, 0.1) is 17.0 Å². The van der Waals surface area contributed by atoms with Gasteiger partial charge < -0.3 is 10.1 Å². The van der Waals surface area contributed by atoms with Crippen LogP contribution in [0.3, 0.4) is 0 Å². The van der Waals surface area contributed by atoms with Gasteiger partial charge >= 0.3 is 0 Å². The van der Waals surface area contributed by atoms with Gasteiger partial charge in [-0.15, -0.1) is 16.8 Å². The molecule has 0 radical (unpaired) electrons. The average Bonchev–Trinajstić information content (AvgIpc) is 3.18. The molecule has 0 aliphatic carbocycles. The molecule has 9 nitrogen and oxygen atoms in total. The summed E-state index contributed by atoms with van der Waals surface area (Å²) in [4.78, 5) is 22.9. The van der Waals surface area contributed by atoms with Gasteiger partial charge in [-0.3, -0.25) is 19.5 Å². The van der Waals surface area contributed by atoms with Crippen molar-refractivity contribution in [3.8, 4) is 5.75 Å². The van der Waals surface area contributed by atoms with Crippen LogP contribution in [0.1, 0.15) is 24.4 Å². The number of carbonyl (C=O) groups excluding carboxylic acids is 1. The van der Waals surface area contributed by atoms with Crippen molar-refractivity contribution in [2.75, 3.05) is 11.1 Å². The standard InChI is InChI=1S/C22H22ClN5O4S/c1-4-11-27-21(15(3)32-19-8-6-5-7-14(19)2)25-26-22(27)33-13-20(29)24-18-12-16(28(30)31)9-10-17(18)23/h4-10,12,15H,1,11,13H2,2-3H3,(H,24,29). The molecule has 1 atom stereocenters. The summed E-state index contributed by atoms with van der Waals surface area (Å²) in [5.41, 5.74) is 1.01. The lowest BCUT2D eigenvalue weighted by atomic mass is 10.2. The fourth-order valence-corrected chi connectivity index (χ4v) is 3.90. The molecule has 1 heterocycles. The molecule has 0 saturated carbocycles. The third kappa shape index (κ3) is 6.11. The van der Waals surface area contributed by atoms with Gasteiger partial charge in [-0.2, -0.15) is 0 Å². The van der Waals surface area contributed by atoms with E-state index in [-0.39, 0.29) is 34.2 Å².